The highest BCUT2D eigenvalue weighted by Crippen LogP contribution is 2.20. The number of carbonyl (C=O) groups excluding carboxylic acids is 2. The molecular formula is C14H17NO3. The first-order valence-corrected chi connectivity index (χ1v) is 5.80. The molecule has 0 aliphatic rings. The van der Waals surface area contributed by atoms with Gasteiger partial charge in [-0.2, -0.15) is 0 Å². The third kappa shape index (κ3) is 3.73. The molecule has 18 heavy (non-hydrogen) atoms. The molecule has 0 unspecified atom stereocenters. The third-order valence-corrected chi connectivity index (χ3v) is 2.38. The first-order valence-electron chi connectivity index (χ1n) is 5.80. The number of carbonyl (C=O) groups is 2. The van der Waals surface area contributed by atoms with Crippen LogP contribution in [0.25, 0.3) is 5.57 Å². The van der Waals surface area contributed by atoms with Gasteiger partial charge in [0.2, 0.25) is 5.91 Å². The maximum absolute atomic E-state index is 11.9. The lowest BCUT2D eigenvalue weighted by Crippen LogP contribution is -2.14. The molecule has 1 amide bonds. The van der Waals surface area contributed by atoms with Crippen molar-refractivity contribution in [1.29, 1.82) is 0 Å². The van der Waals surface area contributed by atoms with E-state index in [-0.39, 0.29) is 5.57 Å². The Hall–Kier alpha value is -2.10. The predicted molar refractivity (Wildman–Crippen MR) is 69.6 cm³/mol. The van der Waals surface area contributed by atoms with Crippen LogP contribution in [0.5, 0.6) is 0 Å². The maximum Gasteiger partial charge on any atom is 0.338 e. The summed E-state index contributed by atoms with van der Waals surface area (Å²) < 4.78 is 5.05. The third-order valence-electron chi connectivity index (χ3n) is 2.38. The van der Waals surface area contributed by atoms with Crippen LogP contribution in [0.1, 0.15) is 24.5 Å². The van der Waals surface area contributed by atoms with Gasteiger partial charge in [-0.15, -0.1) is 0 Å². The molecule has 0 saturated heterocycles. The smallest absolute Gasteiger partial charge is 0.338 e. The molecule has 1 aromatic rings. The number of nitrogens with two attached hydrogens (primary N) is 1. The number of benzene rings is 1. The molecule has 4 nitrogen and oxygen atoms in total. The minimum absolute atomic E-state index is 0.203. The molecule has 96 valence electrons. The van der Waals surface area contributed by atoms with Crippen LogP contribution in [0, 0.1) is 6.92 Å². The van der Waals surface area contributed by atoms with Gasteiger partial charge in [0.25, 0.3) is 0 Å². The van der Waals surface area contributed by atoms with Crippen LogP contribution in [0.3, 0.4) is 0 Å². The number of amides is 1. The topological polar surface area (TPSA) is 69.4 Å². The fraction of sp³-hybridized carbons (Fsp3) is 0.286. The number of rotatable bonds is 5. The van der Waals surface area contributed by atoms with Crippen molar-refractivity contribution < 1.29 is 14.3 Å². The molecule has 0 bridgehead atoms. The van der Waals surface area contributed by atoms with E-state index in [0.717, 1.165) is 18.1 Å². The Morgan fingerprint density at radius 1 is 1.33 bits per heavy atom. The van der Waals surface area contributed by atoms with E-state index >= 15 is 0 Å². The van der Waals surface area contributed by atoms with E-state index in [4.69, 9.17) is 10.5 Å². The molecular weight excluding hydrogens is 230 g/mol. The van der Waals surface area contributed by atoms with Crippen LogP contribution in [0.15, 0.2) is 30.3 Å². The molecule has 0 aliphatic carbocycles. The van der Waals surface area contributed by atoms with Gasteiger partial charge in [-0.25, -0.2) is 4.79 Å². The van der Waals surface area contributed by atoms with Crippen LogP contribution in [-0.2, 0) is 14.3 Å². The van der Waals surface area contributed by atoms with Gasteiger partial charge in [-0.3, -0.25) is 4.79 Å². The molecule has 0 spiro atoms. The average Bonchev–Trinajstić information content (AvgIpc) is 2.34. The summed E-state index contributed by atoms with van der Waals surface area (Å²) in [4.78, 5) is 22.9. The van der Waals surface area contributed by atoms with E-state index in [1.54, 1.807) is 12.1 Å². The lowest BCUT2D eigenvalue weighted by Gasteiger charge is -2.09. The SMILES string of the molecule is CCCOC(=O)C(=CC(N)=O)c1ccccc1C. The molecule has 0 fully saturated rings. The van der Waals surface area contributed by atoms with Gasteiger partial charge in [0, 0.05) is 6.08 Å². The van der Waals surface area contributed by atoms with Gasteiger partial charge in [-0.05, 0) is 24.5 Å². The summed E-state index contributed by atoms with van der Waals surface area (Å²) in [5.41, 5.74) is 6.88. The summed E-state index contributed by atoms with van der Waals surface area (Å²) in [6, 6.07) is 7.27. The molecule has 0 atom stereocenters. The summed E-state index contributed by atoms with van der Waals surface area (Å²) in [6.45, 7) is 4.08. The Balaban J connectivity index is 3.11. The molecule has 0 radical (unpaired) electrons. The van der Waals surface area contributed by atoms with Crippen molar-refractivity contribution in [3.05, 3.63) is 41.5 Å². The monoisotopic (exact) mass is 247 g/mol. The van der Waals surface area contributed by atoms with Crippen LogP contribution in [0.2, 0.25) is 0 Å². The summed E-state index contributed by atoms with van der Waals surface area (Å²) in [5, 5.41) is 0. The van der Waals surface area contributed by atoms with Crippen molar-refractivity contribution in [1.82, 2.24) is 0 Å². The highest BCUT2D eigenvalue weighted by molar-refractivity contribution is 6.21. The average molecular weight is 247 g/mol. The Bertz CT molecular complexity index is 478. The first kappa shape index (κ1) is 14.0. The molecule has 0 saturated carbocycles. The highest BCUT2D eigenvalue weighted by atomic mass is 16.5. The lowest BCUT2D eigenvalue weighted by atomic mass is 10.0. The molecule has 1 aromatic carbocycles. The molecule has 1 rings (SSSR count). The number of ether oxygens (including phenoxy) is 1. The van der Waals surface area contributed by atoms with Crippen LogP contribution in [0.4, 0.5) is 0 Å². The van der Waals surface area contributed by atoms with Crippen molar-refractivity contribution in [2.45, 2.75) is 20.3 Å². The van der Waals surface area contributed by atoms with E-state index in [1.807, 2.05) is 26.0 Å². The molecule has 4 heteroatoms. The van der Waals surface area contributed by atoms with Crippen LogP contribution < -0.4 is 5.73 Å². The maximum atomic E-state index is 11.9. The minimum atomic E-state index is -0.665. The van der Waals surface area contributed by atoms with Gasteiger partial charge in [0.15, 0.2) is 0 Å². The fourth-order valence-electron chi connectivity index (χ4n) is 1.54. The van der Waals surface area contributed by atoms with Gasteiger partial charge in [0.05, 0.1) is 12.2 Å². The summed E-state index contributed by atoms with van der Waals surface area (Å²) in [5.74, 6) is -1.19. The van der Waals surface area contributed by atoms with Gasteiger partial charge in [0.1, 0.15) is 0 Å². The first-order chi connectivity index (χ1) is 8.56. The second-order valence-corrected chi connectivity index (χ2v) is 3.91. The largest absolute Gasteiger partial charge is 0.462 e. The molecule has 0 aliphatic heterocycles. The van der Waals surface area contributed by atoms with Gasteiger partial charge < -0.3 is 10.5 Å². The second kappa shape index (κ2) is 6.59. The summed E-state index contributed by atoms with van der Waals surface area (Å²) in [6.07, 6.45) is 1.84. The standard InChI is InChI=1S/C14H17NO3/c1-3-8-18-14(17)12(9-13(15)16)11-7-5-4-6-10(11)2/h4-7,9H,3,8H2,1-2H3,(H2,15,16). The quantitative estimate of drug-likeness (QED) is 0.637. The number of primary amides is 1. The Morgan fingerprint density at radius 3 is 2.56 bits per heavy atom. The van der Waals surface area contributed by atoms with Gasteiger partial charge >= 0.3 is 5.97 Å². The Morgan fingerprint density at radius 2 is 2.00 bits per heavy atom. The summed E-state index contributed by atoms with van der Waals surface area (Å²) >= 11 is 0. The van der Waals surface area contributed by atoms with Crippen LogP contribution >= 0.6 is 0 Å². The molecule has 0 aromatic heterocycles. The van der Waals surface area contributed by atoms with Gasteiger partial charge in [-0.1, -0.05) is 31.2 Å². The van der Waals surface area contributed by atoms with E-state index in [1.165, 1.54) is 0 Å². The van der Waals surface area contributed by atoms with Crippen LogP contribution in [-0.4, -0.2) is 18.5 Å². The zero-order chi connectivity index (χ0) is 13.5. The lowest BCUT2D eigenvalue weighted by molar-refractivity contribution is -0.136. The zero-order valence-electron chi connectivity index (χ0n) is 10.6. The zero-order valence-corrected chi connectivity index (χ0v) is 10.6. The number of hydrogen-bond acceptors (Lipinski definition) is 3. The van der Waals surface area contributed by atoms with Crippen molar-refractivity contribution in [2.75, 3.05) is 6.61 Å². The normalized spacial score (nSPS) is 11.1. The van der Waals surface area contributed by atoms with Crippen molar-refractivity contribution in [2.24, 2.45) is 5.73 Å². The number of esters is 1. The number of aryl methyl sites for hydroxylation is 1. The minimum Gasteiger partial charge on any atom is -0.462 e. The highest BCUT2D eigenvalue weighted by Gasteiger charge is 2.16. The summed E-state index contributed by atoms with van der Waals surface area (Å²) in [7, 11) is 0. The van der Waals surface area contributed by atoms with E-state index in [0.29, 0.717) is 12.2 Å². The Labute approximate surface area is 106 Å². The molecule has 2 N–H and O–H groups in total. The Kier molecular flexibility index (Phi) is 5.11. The fourth-order valence-corrected chi connectivity index (χ4v) is 1.54. The van der Waals surface area contributed by atoms with E-state index in [9.17, 15) is 9.59 Å². The second-order valence-electron chi connectivity index (χ2n) is 3.91. The van der Waals surface area contributed by atoms with Crippen molar-refractivity contribution >= 4 is 17.4 Å². The van der Waals surface area contributed by atoms with E-state index < -0.39 is 11.9 Å². The van der Waals surface area contributed by atoms with Crippen molar-refractivity contribution in [3.63, 3.8) is 0 Å². The molecule has 0 heterocycles. The van der Waals surface area contributed by atoms with E-state index in [2.05, 4.69) is 0 Å². The van der Waals surface area contributed by atoms with Crippen molar-refractivity contribution in [3.8, 4) is 0 Å². The number of hydrogen-bond donors (Lipinski definition) is 1. The predicted octanol–water partition coefficient (Wildman–Crippen LogP) is 1.82.